The first-order valence-corrected chi connectivity index (χ1v) is 15.7. The zero-order valence-corrected chi connectivity index (χ0v) is 25.0. The minimum absolute atomic E-state index is 0.0743. The molecule has 240 valence electrons. The highest BCUT2D eigenvalue weighted by Crippen LogP contribution is 2.56. The fourth-order valence-corrected chi connectivity index (χ4v) is 8.24. The number of aromatic hydroxyl groups is 1. The molecule has 5 aliphatic rings. The second-order valence-corrected chi connectivity index (χ2v) is 13.1. The van der Waals surface area contributed by atoms with Crippen LogP contribution in [0.1, 0.15) is 44.1 Å². The number of benzene rings is 2. The second kappa shape index (κ2) is 10.5. The van der Waals surface area contributed by atoms with E-state index in [2.05, 4.69) is 20.8 Å². The van der Waals surface area contributed by atoms with E-state index in [0.717, 1.165) is 19.4 Å². The Kier molecular flexibility index (Phi) is 6.66. The van der Waals surface area contributed by atoms with Crippen LogP contribution in [0, 0.1) is 24.1 Å². The lowest BCUT2D eigenvalue weighted by molar-refractivity contribution is 0.0886. The number of phenolic OH excluding ortho intramolecular Hbond substituents is 1. The molecule has 1 aliphatic carbocycles. The van der Waals surface area contributed by atoms with E-state index in [0.29, 0.717) is 44.2 Å². The lowest BCUT2D eigenvalue weighted by Gasteiger charge is -2.31. The highest BCUT2D eigenvalue weighted by molar-refractivity contribution is 6.02. The zero-order chi connectivity index (χ0) is 32.0. The Morgan fingerprint density at radius 3 is 2.78 bits per heavy atom. The molecule has 7 nitrogen and oxygen atoms in total. The van der Waals surface area contributed by atoms with Gasteiger partial charge in [0.25, 0.3) is 5.92 Å². The van der Waals surface area contributed by atoms with Crippen molar-refractivity contribution in [2.24, 2.45) is 5.92 Å². The van der Waals surface area contributed by atoms with Crippen LogP contribution in [0.15, 0.2) is 24.3 Å². The van der Waals surface area contributed by atoms with Gasteiger partial charge in [-0.25, -0.2) is 17.6 Å². The van der Waals surface area contributed by atoms with Crippen LogP contribution in [0.25, 0.3) is 22.8 Å². The molecule has 3 aromatic rings. The van der Waals surface area contributed by atoms with Gasteiger partial charge >= 0.3 is 6.01 Å². The Hall–Kier alpha value is -4.11. The molecule has 1 saturated carbocycles. The first-order chi connectivity index (χ1) is 22.1. The normalized spacial score (nSPS) is 28.3. The third-order valence-corrected chi connectivity index (χ3v) is 10.4. The maximum Gasteiger partial charge on any atom is 0.319 e. The summed E-state index contributed by atoms with van der Waals surface area (Å²) in [5.74, 6) is -2.93. The molecule has 0 radical (unpaired) electrons. The maximum absolute atomic E-state index is 16.8. The molecule has 1 N–H and O–H groups in total. The molecule has 0 spiro atoms. The van der Waals surface area contributed by atoms with Gasteiger partial charge in [0.2, 0.25) is 5.95 Å². The standard InChI is InChI=1S/C34H32F5N5O2/c1-2-22-25(36)8-7-19-14-21(45)15-26(27(19)22)43-13-9-23-28(30(43)37)40-32(46-18-33-10-5-11-42(33)17-20(35)16-33)41-31(23)44-12-4-3-6-24-29(44)34(24,38)39/h1,7-9,14-15,20,24,29,45H,3-6,10-13,16-18H2/t20-,24?,29?,33+/m1/s1. The summed E-state index contributed by atoms with van der Waals surface area (Å²) < 4.78 is 82.2. The van der Waals surface area contributed by atoms with Crippen LogP contribution in [0.4, 0.5) is 33.5 Å². The molecule has 46 heavy (non-hydrogen) atoms. The van der Waals surface area contributed by atoms with Gasteiger partial charge in [-0.2, -0.15) is 14.4 Å². The Morgan fingerprint density at radius 2 is 1.96 bits per heavy atom. The predicted molar refractivity (Wildman–Crippen MR) is 163 cm³/mol. The number of halogens is 5. The average molecular weight is 638 g/mol. The van der Waals surface area contributed by atoms with Gasteiger partial charge in [-0.3, -0.25) is 4.90 Å². The van der Waals surface area contributed by atoms with E-state index < -0.39 is 41.4 Å². The number of hydrogen-bond donors (Lipinski definition) is 1. The van der Waals surface area contributed by atoms with Gasteiger partial charge in [-0.15, -0.1) is 6.42 Å². The van der Waals surface area contributed by atoms with Gasteiger partial charge in [-0.05, 0) is 49.7 Å². The summed E-state index contributed by atoms with van der Waals surface area (Å²) in [4.78, 5) is 13.9. The summed E-state index contributed by atoms with van der Waals surface area (Å²) in [6.45, 7) is 1.35. The van der Waals surface area contributed by atoms with Crippen LogP contribution in [0.3, 0.4) is 0 Å². The van der Waals surface area contributed by atoms with Gasteiger partial charge in [0.15, 0.2) is 0 Å². The lowest BCUT2D eigenvalue weighted by atomic mass is 9.95. The van der Waals surface area contributed by atoms with Crippen LogP contribution >= 0.6 is 0 Å². The first kappa shape index (κ1) is 29.3. The molecule has 0 bridgehead atoms. The van der Waals surface area contributed by atoms with Gasteiger partial charge in [0.05, 0.1) is 22.7 Å². The minimum Gasteiger partial charge on any atom is -0.508 e. The van der Waals surface area contributed by atoms with Gasteiger partial charge in [-0.1, -0.05) is 24.5 Å². The van der Waals surface area contributed by atoms with Crippen molar-refractivity contribution in [3.8, 4) is 24.1 Å². The topological polar surface area (TPSA) is 65.0 Å². The number of aromatic nitrogens is 2. The van der Waals surface area contributed by atoms with Crippen molar-refractivity contribution in [3.05, 3.63) is 46.2 Å². The van der Waals surface area contributed by atoms with E-state index in [1.807, 2.05) is 0 Å². The van der Waals surface area contributed by atoms with Crippen molar-refractivity contribution in [1.29, 1.82) is 0 Å². The number of rotatable bonds is 5. The summed E-state index contributed by atoms with van der Waals surface area (Å²) in [6.07, 6.45) is 9.94. The highest BCUT2D eigenvalue weighted by atomic mass is 19.3. The molecule has 1 aromatic heterocycles. The number of fused-ring (bicyclic) bond motifs is 4. The summed E-state index contributed by atoms with van der Waals surface area (Å²) in [7, 11) is 0. The average Bonchev–Trinajstić information content (AvgIpc) is 3.28. The van der Waals surface area contributed by atoms with Crippen LogP contribution in [-0.4, -0.2) is 76.4 Å². The largest absolute Gasteiger partial charge is 0.508 e. The van der Waals surface area contributed by atoms with E-state index in [-0.39, 0.29) is 57.9 Å². The third kappa shape index (κ3) is 4.42. The molecule has 8 rings (SSSR count). The number of nitrogens with zero attached hydrogens (tertiary/aromatic N) is 5. The second-order valence-electron chi connectivity index (χ2n) is 13.1. The number of alkyl halides is 3. The number of terminal acetylenes is 1. The maximum atomic E-state index is 16.8. The molecule has 4 fully saturated rings. The molecule has 3 saturated heterocycles. The molecule has 2 aromatic carbocycles. The first-order valence-electron chi connectivity index (χ1n) is 15.7. The fraction of sp³-hybridized carbons (Fsp3) is 0.471. The molecule has 5 heterocycles. The predicted octanol–water partition coefficient (Wildman–Crippen LogP) is 4.37. The van der Waals surface area contributed by atoms with Gasteiger partial charge in [0.1, 0.15) is 41.6 Å². The van der Waals surface area contributed by atoms with Crippen molar-refractivity contribution >= 4 is 34.3 Å². The van der Waals surface area contributed by atoms with E-state index in [9.17, 15) is 13.9 Å². The van der Waals surface area contributed by atoms with Crippen molar-refractivity contribution in [2.45, 2.75) is 62.2 Å². The van der Waals surface area contributed by atoms with E-state index >= 15 is 13.2 Å². The quantitative estimate of drug-likeness (QED) is 0.253. The SMILES string of the molecule is C#Cc1c(F)ccc2cc(O)cc(N3CC=c4c(N5CCCCC6C5C6(F)F)nc(OC[C@@]56CCCN5C[C@H](F)C6)nc4=C3F)c12. The molecule has 0 amide bonds. The lowest BCUT2D eigenvalue weighted by Crippen LogP contribution is -2.47. The number of ether oxygens (including phenoxy) is 1. The smallest absolute Gasteiger partial charge is 0.319 e. The molecule has 12 heteroatoms. The Labute approximate surface area is 262 Å². The molecule has 4 atom stereocenters. The fourth-order valence-electron chi connectivity index (χ4n) is 8.24. The van der Waals surface area contributed by atoms with Crippen molar-refractivity contribution in [2.75, 3.05) is 42.6 Å². The van der Waals surface area contributed by atoms with Crippen molar-refractivity contribution in [1.82, 2.24) is 14.9 Å². The third-order valence-electron chi connectivity index (χ3n) is 10.4. The van der Waals surface area contributed by atoms with Gasteiger partial charge in [0, 0.05) is 42.7 Å². The minimum atomic E-state index is -2.90. The molecule has 4 aliphatic heterocycles. The summed E-state index contributed by atoms with van der Waals surface area (Å²) in [5.41, 5.74) is -0.506. The Balaban J connectivity index is 1.28. The van der Waals surface area contributed by atoms with Crippen LogP contribution in [0.2, 0.25) is 0 Å². The number of anilines is 2. The number of hydrogen-bond acceptors (Lipinski definition) is 7. The molecular formula is C34H32F5N5O2. The monoisotopic (exact) mass is 637 g/mol. The summed E-state index contributed by atoms with van der Waals surface area (Å²) >= 11 is 0. The Morgan fingerprint density at radius 1 is 1.11 bits per heavy atom. The summed E-state index contributed by atoms with van der Waals surface area (Å²) in [5, 5.41) is 11.2. The van der Waals surface area contributed by atoms with Crippen LogP contribution in [-0.2, 0) is 0 Å². The van der Waals surface area contributed by atoms with Crippen molar-refractivity contribution < 1.29 is 31.8 Å². The van der Waals surface area contributed by atoms with E-state index in [1.165, 1.54) is 29.2 Å². The van der Waals surface area contributed by atoms with Crippen molar-refractivity contribution in [3.63, 3.8) is 0 Å². The van der Waals surface area contributed by atoms with Crippen LogP contribution in [0.5, 0.6) is 11.8 Å². The Bertz CT molecular complexity index is 1930. The molecule has 2 unspecified atom stereocenters. The van der Waals surface area contributed by atoms with E-state index in [4.69, 9.17) is 11.2 Å². The van der Waals surface area contributed by atoms with E-state index in [1.54, 1.807) is 11.0 Å². The highest BCUT2D eigenvalue weighted by Gasteiger charge is 2.71. The summed E-state index contributed by atoms with van der Waals surface area (Å²) in [6, 6.07) is 4.08. The van der Waals surface area contributed by atoms with Crippen LogP contribution < -0.4 is 25.1 Å². The van der Waals surface area contributed by atoms with Gasteiger partial charge < -0.3 is 19.6 Å². The molecular weight excluding hydrogens is 605 g/mol. The zero-order valence-electron chi connectivity index (χ0n) is 25.0. The number of phenols is 1.